The van der Waals surface area contributed by atoms with E-state index in [4.69, 9.17) is 17.4 Å². The summed E-state index contributed by atoms with van der Waals surface area (Å²) in [5.41, 5.74) is 5.66. The molecule has 0 aliphatic rings. The first-order chi connectivity index (χ1) is 10.3. The number of rotatable bonds is 5. The molecule has 0 amide bonds. The Morgan fingerprint density at radius 1 is 1.33 bits per heavy atom. The summed E-state index contributed by atoms with van der Waals surface area (Å²) in [6.07, 6.45) is 6.33. The second kappa shape index (κ2) is 5.85. The van der Waals surface area contributed by atoms with Gasteiger partial charge in [0.15, 0.2) is 0 Å². The van der Waals surface area contributed by atoms with E-state index in [1.165, 1.54) is 0 Å². The number of halogens is 1. The second-order valence-corrected chi connectivity index (χ2v) is 5.24. The first kappa shape index (κ1) is 14.1. The van der Waals surface area contributed by atoms with Gasteiger partial charge in [-0.3, -0.25) is 10.5 Å². The normalized spacial score (nSPS) is 12.9. The minimum atomic E-state index is -0.258. The lowest BCUT2D eigenvalue weighted by Crippen LogP contribution is -2.31. The lowest BCUT2D eigenvalue weighted by Gasteiger charge is -2.17. The Hall–Kier alpha value is -1.89. The average molecular weight is 305 g/mol. The van der Waals surface area contributed by atoms with E-state index < -0.39 is 0 Å². The van der Waals surface area contributed by atoms with Crippen molar-refractivity contribution in [1.29, 1.82) is 0 Å². The first-order valence-electron chi connectivity index (χ1n) is 6.85. The van der Waals surface area contributed by atoms with Crippen LogP contribution in [0.5, 0.6) is 0 Å². The largest absolute Gasteiger partial charge is 0.271 e. The fraction of sp³-hybridized carbons (Fsp3) is 0.286. The number of nitrogens with two attached hydrogens (primary N) is 1. The Bertz CT molecular complexity index is 747. The molecule has 0 saturated carbocycles. The highest BCUT2D eigenvalue weighted by Crippen LogP contribution is 2.30. The van der Waals surface area contributed by atoms with Crippen LogP contribution < -0.4 is 11.3 Å². The number of hydrogen-bond acceptors (Lipinski definition) is 4. The third-order valence-electron chi connectivity index (χ3n) is 3.48. The lowest BCUT2D eigenvalue weighted by atomic mass is 10.1. The highest BCUT2D eigenvalue weighted by atomic mass is 35.5. The molecule has 0 aromatic carbocycles. The first-order valence-corrected chi connectivity index (χ1v) is 7.23. The van der Waals surface area contributed by atoms with Crippen molar-refractivity contribution in [2.24, 2.45) is 5.84 Å². The summed E-state index contributed by atoms with van der Waals surface area (Å²) in [6.45, 7) is 2.89. The summed E-state index contributed by atoms with van der Waals surface area (Å²) in [6, 6.07) is 5.65. The summed E-state index contributed by atoms with van der Waals surface area (Å²) >= 11 is 6.32. The molecule has 110 valence electrons. The topological polar surface area (TPSA) is 73.2 Å². The van der Waals surface area contributed by atoms with E-state index in [1.807, 2.05) is 33.6 Å². The molecule has 3 aromatic rings. The smallest absolute Gasteiger partial charge is 0.0929 e. The van der Waals surface area contributed by atoms with Gasteiger partial charge in [0.05, 0.1) is 34.7 Å². The molecular formula is C14H17ClN6. The molecule has 3 heterocycles. The number of aryl methyl sites for hydroxylation is 1. The molecule has 3 N–H and O–H groups in total. The van der Waals surface area contributed by atoms with Gasteiger partial charge < -0.3 is 0 Å². The van der Waals surface area contributed by atoms with Gasteiger partial charge in [0, 0.05) is 18.3 Å². The SMILES string of the molecule is CCCn1ncc(Cl)c1C(NN)c1cnn2ccccc12. The number of pyridine rings is 1. The van der Waals surface area contributed by atoms with E-state index >= 15 is 0 Å². The molecule has 0 spiro atoms. The summed E-state index contributed by atoms with van der Waals surface area (Å²) in [5, 5.41) is 9.28. The molecule has 1 atom stereocenters. The van der Waals surface area contributed by atoms with Crippen molar-refractivity contribution in [2.75, 3.05) is 0 Å². The van der Waals surface area contributed by atoms with Gasteiger partial charge in [-0.25, -0.2) is 9.94 Å². The Morgan fingerprint density at radius 2 is 2.19 bits per heavy atom. The van der Waals surface area contributed by atoms with Crippen molar-refractivity contribution in [3.8, 4) is 0 Å². The highest BCUT2D eigenvalue weighted by molar-refractivity contribution is 6.31. The number of nitrogens with one attached hydrogen (secondary N) is 1. The molecule has 1 unspecified atom stereocenters. The van der Waals surface area contributed by atoms with Crippen molar-refractivity contribution in [1.82, 2.24) is 24.8 Å². The Labute approximate surface area is 127 Å². The summed E-state index contributed by atoms with van der Waals surface area (Å²) in [7, 11) is 0. The number of hydrogen-bond donors (Lipinski definition) is 2. The summed E-state index contributed by atoms with van der Waals surface area (Å²) in [5.74, 6) is 5.79. The fourth-order valence-corrected chi connectivity index (χ4v) is 2.79. The van der Waals surface area contributed by atoms with Crippen LogP contribution in [-0.2, 0) is 6.54 Å². The zero-order valence-corrected chi connectivity index (χ0v) is 12.5. The third kappa shape index (κ3) is 2.42. The monoisotopic (exact) mass is 304 g/mol. The number of hydrazine groups is 1. The molecule has 0 saturated heterocycles. The molecule has 7 heteroatoms. The van der Waals surface area contributed by atoms with Crippen molar-refractivity contribution < 1.29 is 0 Å². The number of aromatic nitrogens is 4. The Balaban J connectivity index is 2.12. The molecule has 0 aliphatic carbocycles. The lowest BCUT2D eigenvalue weighted by molar-refractivity contribution is 0.522. The van der Waals surface area contributed by atoms with E-state index in [9.17, 15) is 0 Å². The zero-order chi connectivity index (χ0) is 14.8. The van der Waals surface area contributed by atoms with Gasteiger partial charge in [0.2, 0.25) is 0 Å². The molecule has 0 aliphatic heterocycles. The van der Waals surface area contributed by atoms with Crippen LogP contribution in [0.1, 0.15) is 30.6 Å². The molecule has 0 fully saturated rings. The van der Waals surface area contributed by atoms with Gasteiger partial charge in [-0.15, -0.1) is 0 Å². The maximum atomic E-state index is 6.32. The van der Waals surface area contributed by atoms with E-state index in [0.29, 0.717) is 5.02 Å². The van der Waals surface area contributed by atoms with Crippen LogP contribution >= 0.6 is 11.6 Å². The van der Waals surface area contributed by atoms with Crippen molar-refractivity contribution >= 4 is 17.1 Å². The van der Waals surface area contributed by atoms with Crippen molar-refractivity contribution in [2.45, 2.75) is 25.9 Å². The molecule has 0 radical (unpaired) electrons. The van der Waals surface area contributed by atoms with Crippen LogP contribution in [0.3, 0.4) is 0 Å². The maximum absolute atomic E-state index is 6.32. The van der Waals surface area contributed by atoms with Crippen LogP contribution in [0.15, 0.2) is 36.8 Å². The molecule has 21 heavy (non-hydrogen) atoms. The van der Waals surface area contributed by atoms with Gasteiger partial charge in [-0.05, 0) is 18.6 Å². The molecule has 0 bridgehead atoms. The van der Waals surface area contributed by atoms with E-state index in [1.54, 1.807) is 12.4 Å². The Kier molecular flexibility index (Phi) is 3.92. The number of nitrogens with zero attached hydrogens (tertiary/aromatic N) is 4. The van der Waals surface area contributed by atoms with Crippen LogP contribution in [0.4, 0.5) is 0 Å². The van der Waals surface area contributed by atoms with Gasteiger partial charge in [-0.2, -0.15) is 10.2 Å². The van der Waals surface area contributed by atoms with Crippen molar-refractivity contribution in [3.63, 3.8) is 0 Å². The van der Waals surface area contributed by atoms with E-state index in [0.717, 1.165) is 29.7 Å². The van der Waals surface area contributed by atoms with Crippen LogP contribution in [0.2, 0.25) is 5.02 Å². The van der Waals surface area contributed by atoms with Crippen molar-refractivity contribution in [3.05, 3.63) is 53.1 Å². The quantitative estimate of drug-likeness (QED) is 0.559. The van der Waals surface area contributed by atoms with Gasteiger partial charge in [0.1, 0.15) is 0 Å². The molecular weight excluding hydrogens is 288 g/mol. The fourth-order valence-electron chi connectivity index (χ4n) is 2.54. The molecule has 6 nitrogen and oxygen atoms in total. The van der Waals surface area contributed by atoms with Gasteiger partial charge >= 0.3 is 0 Å². The summed E-state index contributed by atoms with van der Waals surface area (Å²) in [4.78, 5) is 0. The predicted octanol–water partition coefficient (Wildman–Crippen LogP) is 2.15. The second-order valence-electron chi connectivity index (χ2n) is 4.83. The Morgan fingerprint density at radius 3 is 2.95 bits per heavy atom. The number of fused-ring (bicyclic) bond motifs is 1. The highest BCUT2D eigenvalue weighted by Gasteiger charge is 2.23. The van der Waals surface area contributed by atoms with Crippen LogP contribution in [0, 0.1) is 0 Å². The van der Waals surface area contributed by atoms with Crippen LogP contribution in [-0.4, -0.2) is 19.4 Å². The summed E-state index contributed by atoms with van der Waals surface area (Å²) < 4.78 is 3.70. The van der Waals surface area contributed by atoms with Gasteiger partial charge in [0.25, 0.3) is 0 Å². The standard InChI is InChI=1S/C14H17ClN6/c1-2-6-21-14(11(15)9-18-21)13(19-16)10-8-17-20-7-4-3-5-12(10)20/h3-5,7-9,13,19H,2,6,16H2,1H3. The predicted molar refractivity (Wildman–Crippen MR) is 81.9 cm³/mol. The van der Waals surface area contributed by atoms with E-state index in [-0.39, 0.29) is 6.04 Å². The molecule has 3 aromatic heterocycles. The van der Waals surface area contributed by atoms with Gasteiger partial charge in [-0.1, -0.05) is 24.6 Å². The van der Waals surface area contributed by atoms with E-state index in [2.05, 4.69) is 22.5 Å². The minimum Gasteiger partial charge on any atom is -0.271 e. The maximum Gasteiger partial charge on any atom is 0.0929 e. The minimum absolute atomic E-state index is 0.258. The third-order valence-corrected chi connectivity index (χ3v) is 3.77. The zero-order valence-electron chi connectivity index (χ0n) is 11.7. The van der Waals surface area contributed by atoms with Crippen LogP contribution in [0.25, 0.3) is 5.52 Å². The average Bonchev–Trinajstić information content (AvgIpc) is 3.07. The molecule has 3 rings (SSSR count).